The molecule has 0 aliphatic rings. The average Bonchev–Trinajstić information content (AvgIpc) is 2.60. The monoisotopic (exact) mass is 363 g/mol. The summed E-state index contributed by atoms with van der Waals surface area (Å²) in [6.45, 7) is 6.87. The zero-order valence-corrected chi connectivity index (χ0v) is 16.1. The molecule has 0 saturated carbocycles. The van der Waals surface area contributed by atoms with Crippen LogP contribution in [0.5, 0.6) is 0 Å². The van der Waals surface area contributed by atoms with Gasteiger partial charge in [-0.05, 0) is 44.2 Å². The van der Waals surface area contributed by atoms with Crippen molar-refractivity contribution in [3.63, 3.8) is 0 Å². The van der Waals surface area contributed by atoms with Crippen LogP contribution in [-0.2, 0) is 36.7 Å². The zero-order chi connectivity index (χ0) is 19.6. The molecule has 0 heterocycles. The minimum absolute atomic E-state index is 0.0668. The van der Waals surface area contributed by atoms with Crippen molar-refractivity contribution in [2.75, 3.05) is 13.2 Å². The summed E-state index contributed by atoms with van der Waals surface area (Å²) in [7, 11) is 0. The van der Waals surface area contributed by atoms with E-state index < -0.39 is 23.4 Å². The maximum atomic E-state index is 12.5. The van der Waals surface area contributed by atoms with E-state index in [0.717, 1.165) is 18.4 Å². The number of rotatable bonds is 10. The number of benzene rings is 1. The number of amides is 1. The summed E-state index contributed by atoms with van der Waals surface area (Å²) < 4.78 is 10.1. The van der Waals surface area contributed by atoms with Crippen LogP contribution in [0.2, 0.25) is 0 Å². The molecule has 0 aliphatic carbocycles. The lowest BCUT2D eigenvalue weighted by Gasteiger charge is -2.29. The standard InChI is InChI=1S/C20H29NO5/c1-5-8-16-9-11-17(12-10-16)13-14-20(21-15(4)22,18(23)25-6-2)19(24)26-7-3/h9-12H,5-8,13-14H2,1-4H3,(H,21,22). The first-order valence-electron chi connectivity index (χ1n) is 9.10. The quantitative estimate of drug-likeness (QED) is 0.510. The van der Waals surface area contributed by atoms with E-state index in [-0.39, 0.29) is 19.6 Å². The second-order valence-electron chi connectivity index (χ2n) is 6.09. The van der Waals surface area contributed by atoms with Gasteiger partial charge in [-0.15, -0.1) is 0 Å². The minimum atomic E-state index is -1.83. The van der Waals surface area contributed by atoms with Gasteiger partial charge < -0.3 is 14.8 Å². The van der Waals surface area contributed by atoms with E-state index in [1.807, 2.05) is 24.3 Å². The fourth-order valence-corrected chi connectivity index (χ4v) is 2.75. The molecule has 1 rings (SSSR count). The molecule has 1 N–H and O–H groups in total. The third-order valence-electron chi connectivity index (χ3n) is 3.99. The lowest BCUT2D eigenvalue weighted by atomic mass is 9.90. The van der Waals surface area contributed by atoms with E-state index in [2.05, 4.69) is 12.2 Å². The molecule has 0 fully saturated rings. The van der Waals surface area contributed by atoms with E-state index in [1.165, 1.54) is 12.5 Å². The minimum Gasteiger partial charge on any atom is -0.464 e. The van der Waals surface area contributed by atoms with Crippen molar-refractivity contribution in [3.05, 3.63) is 35.4 Å². The highest BCUT2D eigenvalue weighted by molar-refractivity contribution is 6.07. The van der Waals surface area contributed by atoms with Crippen LogP contribution in [0.25, 0.3) is 0 Å². The average molecular weight is 363 g/mol. The van der Waals surface area contributed by atoms with Gasteiger partial charge in [0.1, 0.15) is 0 Å². The van der Waals surface area contributed by atoms with Gasteiger partial charge in [-0.1, -0.05) is 37.6 Å². The van der Waals surface area contributed by atoms with Crippen molar-refractivity contribution in [2.45, 2.75) is 58.9 Å². The van der Waals surface area contributed by atoms with Crippen molar-refractivity contribution in [3.8, 4) is 0 Å². The fourth-order valence-electron chi connectivity index (χ4n) is 2.75. The summed E-state index contributed by atoms with van der Waals surface area (Å²) in [4.78, 5) is 36.8. The largest absolute Gasteiger partial charge is 0.464 e. The van der Waals surface area contributed by atoms with Crippen molar-refractivity contribution < 1.29 is 23.9 Å². The Labute approximate surface area is 155 Å². The van der Waals surface area contributed by atoms with E-state index in [4.69, 9.17) is 9.47 Å². The van der Waals surface area contributed by atoms with E-state index in [9.17, 15) is 14.4 Å². The topological polar surface area (TPSA) is 81.7 Å². The van der Waals surface area contributed by atoms with Gasteiger partial charge in [0.05, 0.1) is 13.2 Å². The van der Waals surface area contributed by atoms with Crippen LogP contribution in [0.1, 0.15) is 51.7 Å². The second-order valence-corrected chi connectivity index (χ2v) is 6.09. The van der Waals surface area contributed by atoms with Gasteiger partial charge in [-0.25, -0.2) is 9.59 Å². The number of nitrogens with one attached hydrogen (secondary N) is 1. The number of hydrogen-bond donors (Lipinski definition) is 1. The van der Waals surface area contributed by atoms with Crippen LogP contribution >= 0.6 is 0 Å². The highest BCUT2D eigenvalue weighted by Crippen LogP contribution is 2.20. The van der Waals surface area contributed by atoms with Gasteiger partial charge in [0.2, 0.25) is 11.4 Å². The third-order valence-corrected chi connectivity index (χ3v) is 3.99. The summed E-state index contributed by atoms with van der Waals surface area (Å²) in [6.07, 6.45) is 2.56. The SMILES string of the molecule is CCCc1ccc(CCC(NC(C)=O)(C(=O)OCC)C(=O)OCC)cc1. The molecule has 6 nitrogen and oxygen atoms in total. The van der Waals surface area contributed by atoms with Gasteiger partial charge >= 0.3 is 11.9 Å². The maximum absolute atomic E-state index is 12.5. The summed E-state index contributed by atoms with van der Waals surface area (Å²) in [5.41, 5.74) is 0.369. The zero-order valence-electron chi connectivity index (χ0n) is 16.1. The van der Waals surface area contributed by atoms with Crippen LogP contribution in [-0.4, -0.2) is 36.6 Å². The van der Waals surface area contributed by atoms with E-state index in [0.29, 0.717) is 6.42 Å². The molecule has 144 valence electrons. The highest BCUT2D eigenvalue weighted by atomic mass is 16.6. The van der Waals surface area contributed by atoms with Gasteiger partial charge in [-0.3, -0.25) is 4.79 Å². The Morgan fingerprint density at radius 2 is 1.35 bits per heavy atom. The fraction of sp³-hybridized carbons (Fsp3) is 0.550. The highest BCUT2D eigenvalue weighted by Gasteiger charge is 2.49. The van der Waals surface area contributed by atoms with E-state index in [1.54, 1.807) is 13.8 Å². The number of ether oxygens (including phenoxy) is 2. The first-order valence-corrected chi connectivity index (χ1v) is 9.10. The van der Waals surface area contributed by atoms with Gasteiger partial charge in [-0.2, -0.15) is 0 Å². The van der Waals surface area contributed by atoms with Crippen LogP contribution < -0.4 is 5.32 Å². The molecule has 1 amide bonds. The number of esters is 2. The summed E-state index contributed by atoms with van der Waals surface area (Å²) in [6, 6.07) is 8.01. The summed E-state index contributed by atoms with van der Waals surface area (Å²) in [5.74, 6) is -2.09. The third kappa shape index (κ3) is 5.86. The Kier molecular flexibility index (Phi) is 8.82. The molecule has 0 saturated heterocycles. The van der Waals surface area contributed by atoms with Gasteiger partial charge in [0.15, 0.2) is 0 Å². The maximum Gasteiger partial charge on any atom is 0.343 e. The second kappa shape index (κ2) is 10.6. The molecular weight excluding hydrogens is 334 g/mol. The first kappa shape index (κ1) is 21.7. The molecule has 0 atom stereocenters. The van der Waals surface area contributed by atoms with Crippen molar-refractivity contribution >= 4 is 17.8 Å². The van der Waals surface area contributed by atoms with Crippen LogP contribution in [0.4, 0.5) is 0 Å². The molecule has 26 heavy (non-hydrogen) atoms. The van der Waals surface area contributed by atoms with Crippen LogP contribution in [0.15, 0.2) is 24.3 Å². The van der Waals surface area contributed by atoms with Crippen molar-refractivity contribution in [1.82, 2.24) is 5.32 Å². The Morgan fingerprint density at radius 1 is 0.885 bits per heavy atom. The van der Waals surface area contributed by atoms with E-state index >= 15 is 0 Å². The number of carbonyl (C=O) groups is 3. The number of aryl methyl sites for hydroxylation is 2. The van der Waals surface area contributed by atoms with Gasteiger partial charge in [0.25, 0.3) is 0 Å². The molecule has 1 aromatic rings. The molecule has 0 bridgehead atoms. The Bertz CT molecular complexity index is 591. The normalized spacial score (nSPS) is 10.9. The lowest BCUT2D eigenvalue weighted by molar-refractivity contribution is -0.168. The predicted molar refractivity (Wildman–Crippen MR) is 98.6 cm³/mol. The molecule has 6 heteroatoms. The number of carbonyl (C=O) groups excluding carboxylic acids is 3. The molecule has 1 aromatic carbocycles. The summed E-state index contributed by atoms with van der Waals surface area (Å²) >= 11 is 0. The molecule has 0 spiro atoms. The van der Waals surface area contributed by atoms with Gasteiger partial charge in [0, 0.05) is 6.92 Å². The summed E-state index contributed by atoms with van der Waals surface area (Å²) in [5, 5.41) is 2.48. The smallest absolute Gasteiger partial charge is 0.343 e. The van der Waals surface area contributed by atoms with Crippen molar-refractivity contribution in [2.24, 2.45) is 0 Å². The van der Waals surface area contributed by atoms with Crippen LogP contribution in [0, 0.1) is 0 Å². The molecule has 0 aliphatic heterocycles. The Morgan fingerprint density at radius 3 is 1.73 bits per heavy atom. The lowest BCUT2D eigenvalue weighted by Crippen LogP contribution is -2.61. The van der Waals surface area contributed by atoms with Crippen molar-refractivity contribution in [1.29, 1.82) is 0 Å². The van der Waals surface area contributed by atoms with Crippen LogP contribution in [0.3, 0.4) is 0 Å². The molecule has 0 radical (unpaired) electrons. The molecule has 0 unspecified atom stereocenters. The number of hydrogen-bond acceptors (Lipinski definition) is 5. The predicted octanol–water partition coefficient (Wildman–Crippen LogP) is 2.57. The Balaban J connectivity index is 3.06. The first-order chi connectivity index (χ1) is 12.4. The molecule has 0 aromatic heterocycles. The Hall–Kier alpha value is -2.37. The molecular formula is C20H29NO5.